The van der Waals surface area contributed by atoms with Gasteiger partial charge < -0.3 is 19.7 Å². The summed E-state index contributed by atoms with van der Waals surface area (Å²) < 4.78 is 5.42. The summed E-state index contributed by atoms with van der Waals surface area (Å²) in [5.74, 6) is -1.32. The normalized spacial score (nSPS) is 17.2. The van der Waals surface area contributed by atoms with Gasteiger partial charge in [-0.3, -0.25) is 14.5 Å². The van der Waals surface area contributed by atoms with Crippen molar-refractivity contribution in [3.63, 3.8) is 0 Å². The predicted octanol–water partition coefficient (Wildman–Crippen LogP) is 4.87. The van der Waals surface area contributed by atoms with Crippen molar-refractivity contribution in [2.45, 2.75) is 6.04 Å². The molecular formula is C28H25N3O4. The van der Waals surface area contributed by atoms with Gasteiger partial charge in [-0.15, -0.1) is 0 Å². The average Bonchev–Trinajstić information content (AvgIpc) is 3.42. The standard InChI is InChI=1S/C28H25N3O4/c1-30(2)17-12-14-18(15-13-17)31-25(21-16-29-22-10-6-4-8-19(21)22)24(27(33)28(31)34)26(32)20-9-5-7-11-23(20)35-3/h4-16,25,29,32H,1-3H3/b26-24+. The highest BCUT2D eigenvalue weighted by Crippen LogP contribution is 2.45. The summed E-state index contributed by atoms with van der Waals surface area (Å²) >= 11 is 0. The number of aromatic amines is 1. The third-order valence-corrected chi connectivity index (χ3v) is 6.37. The van der Waals surface area contributed by atoms with Gasteiger partial charge in [0.2, 0.25) is 0 Å². The number of para-hydroxylation sites is 2. The molecule has 4 aromatic rings. The van der Waals surface area contributed by atoms with Crippen LogP contribution in [-0.2, 0) is 9.59 Å². The van der Waals surface area contributed by atoms with Gasteiger partial charge in [0.15, 0.2) is 0 Å². The minimum Gasteiger partial charge on any atom is -0.507 e. The number of hydrogen-bond acceptors (Lipinski definition) is 5. The largest absolute Gasteiger partial charge is 0.507 e. The van der Waals surface area contributed by atoms with Gasteiger partial charge in [0.1, 0.15) is 11.5 Å². The minimum atomic E-state index is -0.832. The van der Waals surface area contributed by atoms with Crippen LogP contribution in [0.5, 0.6) is 5.75 Å². The molecule has 0 saturated carbocycles. The number of ether oxygens (including phenoxy) is 1. The lowest BCUT2D eigenvalue weighted by Gasteiger charge is -2.25. The SMILES string of the molecule is COc1ccccc1/C(O)=C1\C(=O)C(=O)N(c2ccc(N(C)C)cc2)C1c1c[nH]c2ccccc12. The highest BCUT2D eigenvalue weighted by Gasteiger charge is 2.48. The number of anilines is 2. The second-order valence-corrected chi connectivity index (χ2v) is 8.57. The summed E-state index contributed by atoms with van der Waals surface area (Å²) in [5.41, 5.74) is 3.47. The van der Waals surface area contributed by atoms with Crippen LogP contribution in [-0.4, -0.2) is 43.0 Å². The molecule has 1 saturated heterocycles. The molecule has 176 valence electrons. The predicted molar refractivity (Wildman–Crippen MR) is 137 cm³/mol. The van der Waals surface area contributed by atoms with Gasteiger partial charge in [0.05, 0.1) is 24.3 Å². The fourth-order valence-electron chi connectivity index (χ4n) is 4.61. The number of ketones is 1. The summed E-state index contributed by atoms with van der Waals surface area (Å²) in [6.07, 6.45) is 1.79. The molecule has 7 heteroatoms. The lowest BCUT2D eigenvalue weighted by Crippen LogP contribution is -2.29. The zero-order valence-corrected chi connectivity index (χ0v) is 19.6. The van der Waals surface area contributed by atoms with Crippen LogP contribution in [0.15, 0.2) is 84.6 Å². The van der Waals surface area contributed by atoms with Crippen LogP contribution in [0.1, 0.15) is 17.2 Å². The molecular weight excluding hydrogens is 442 g/mol. The van der Waals surface area contributed by atoms with Gasteiger partial charge in [0, 0.05) is 48.1 Å². The maximum Gasteiger partial charge on any atom is 0.300 e. The van der Waals surface area contributed by atoms with Crippen molar-refractivity contribution < 1.29 is 19.4 Å². The summed E-state index contributed by atoms with van der Waals surface area (Å²) in [4.78, 5) is 33.5. The van der Waals surface area contributed by atoms with E-state index in [0.717, 1.165) is 16.6 Å². The summed E-state index contributed by atoms with van der Waals surface area (Å²) in [5, 5.41) is 12.3. The molecule has 35 heavy (non-hydrogen) atoms. The van der Waals surface area contributed by atoms with Crippen molar-refractivity contribution in [2.75, 3.05) is 31.0 Å². The van der Waals surface area contributed by atoms with Crippen molar-refractivity contribution >= 4 is 39.7 Å². The lowest BCUT2D eigenvalue weighted by atomic mass is 9.94. The molecule has 1 atom stereocenters. The zero-order valence-electron chi connectivity index (χ0n) is 19.6. The summed E-state index contributed by atoms with van der Waals surface area (Å²) in [6, 6.07) is 21.1. The van der Waals surface area contributed by atoms with Crippen LogP contribution < -0.4 is 14.5 Å². The first-order valence-corrected chi connectivity index (χ1v) is 11.2. The van der Waals surface area contributed by atoms with E-state index in [4.69, 9.17) is 4.74 Å². The smallest absolute Gasteiger partial charge is 0.300 e. The molecule has 0 aliphatic carbocycles. The highest BCUT2D eigenvalue weighted by atomic mass is 16.5. The number of carbonyl (C=O) groups is 2. The first kappa shape index (κ1) is 22.3. The molecule has 1 unspecified atom stereocenters. The van der Waals surface area contributed by atoms with Gasteiger partial charge >= 0.3 is 0 Å². The number of amides is 1. The Morgan fingerprint density at radius 3 is 2.37 bits per heavy atom. The second kappa shape index (κ2) is 8.68. The summed E-state index contributed by atoms with van der Waals surface area (Å²) in [7, 11) is 5.36. The Kier molecular flexibility index (Phi) is 5.53. The van der Waals surface area contributed by atoms with E-state index in [1.165, 1.54) is 12.0 Å². The van der Waals surface area contributed by atoms with E-state index in [9.17, 15) is 14.7 Å². The van der Waals surface area contributed by atoms with Crippen molar-refractivity contribution in [3.05, 3.63) is 95.7 Å². The number of benzene rings is 3. The number of methoxy groups -OCH3 is 1. The van der Waals surface area contributed by atoms with Gasteiger partial charge in [-0.25, -0.2) is 0 Å². The molecule has 3 aromatic carbocycles. The van der Waals surface area contributed by atoms with Crippen molar-refractivity contribution in [1.82, 2.24) is 4.98 Å². The van der Waals surface area contributed by atoms with Gasteiger partial charge in [-0.1, -0.05) is 30.3 Å². The number of aromatic nitrogens is 1. The van der Waals surface area contributed by atoms with Crippen LogP contribution >= 0.6 is 0 Å². The van der Waals surface area contributed by atoms with E-state index >= 15 is 0 Å². The molecule has 1 aliphatic heterocycles. The first-order chi connectivity index (χ1) is 16.9. The third-order valence-electron chi connectivity index (χ3n) is 6.37. The molecule has 5 rings (SSSR count). The Balaban J connectivity index is 1.76. The number of aliphatic hydroxyl groups excluding tert-OH is 1. The van der Waals surface area contributed by atoms with Crippen LogP contribution in [0.2, 0.25) is 0 Å². The molecule has 1 fully saturated rings. The number of fused-ring (bicyclic) bond motifs is 1. The number of Topliss-reactive ketones (excluding diaryl/α,β-unsaturated/α-hetero) is 1. The monoisotopic (exact) mass is 467 g/mol. The molecule has 2 N–H and O–H groups in total. The van der Waals surface area contributed by atoms with E-state index in [1.54, 1.807) is 30.5 Å². The molecule has 7 nitrogen and oxygen atoms in total. The van der Waals surface area contributed by atoms with Crippen LogP contribution in [0.3, 0.4) is 0 Å². The molecule has 0 bridgehead atoms. The first-order valence-electron chi connectivity index (χ1n) is 11.2. The molecule has 1 amide bonds. The number of nitrogens with one attached hydrogen (secondary N) is 1. The number of aliphatic hydroxyl groups is 1. The van der Waals surface area contributed by atoms with E-state index in [0.29, 0.717) is 22.6 Å². The molecule has 2 heterocycles. The fourth-order valence-corrected chi connectivity index (χ4v) is 4.61. The number of carbonyl (C=O) groups excluding carboxylic acids is 2. The van der Waals surface area contributed by atoms with Gasteiger partial charge in [-0.2, -0.15) is 0 Å². The minimum absolute atomic E-state index is 0.0148. The second-order valence-electron chi connectivity index (χ2n) is 8.57. The summed E-state index contributed by atoms with van der Waals surface area (Å²) in [6.45, 7) is 0. The van der Waals surface area contributed by atoms with Crippen LogP contribution in [0, 0.1) is 0 Å². The number of rotatable bonds is 5. The quantitative estimate of drug-likeness (QED) is 0.249. The maximum absolute atomic E-state index is 13.5. The Bertz CT molecular complexity index is 1470. The van der Waals surface area contributed by atoms with E-state index in [2.05, 4.69) is 4.98 Å². The number of hydrogen-bond donors (Lipinski definition) is 2. The highest BCUT2D eigenvalue weighted by molar-refractivity contribution is 6.52. The molecule has 1 aliphatic rings. The van der Waals surface area contributed by atoms with Crippen LogP contribution in [0.4, 0.5) is 11.4 Å². The van der Waals surface area contributed by atoms with E-state index in [1.807, 2.05) is 67.5 Å². The Hall–Kier alpha value is -4.52. The van der Waals surface area contributed by atoms with Gasteiger partial charge in [-0.05, 0) is 42.5 Å². The Labute approximate surface area is 202 Å². The van der Waals surface area contributed by atoms with E-state index in [-0.39, 0.29) is 11.3 Å². The van der Waals surface area contributed by atoms with Gasteiger partial charge in [0.25, 0.3) is 11.7 Å². The molecule has 0 radical (unpaired) electrons. The Morgan fingerprint density at radius 2 is 1.66 bits per heavy atom. The number of H-pyrrole nitrogens is 1. The van der Waals surface area contributed by atoms with Crippen molar-refractivity contribution in [1.29, 1.82) is 0 Å². The van der Waals surface area contributed by atoms with Crippen molar-refractivity contribution in [2.24, 2.45) is 0 Å². The maximum atomic E-state index is 13.5. The van der Waals surface area contributed by atoms with Crippen LogP contribution in [0.25, 0.3) is 16.7 Å². The average molecular weight is 468 g/mol. The number of nitrogens with zero attached hydrogens (tertiary/aromatic N) is 2. The lowest BCUT2D eigenvalue weighted by molar-refractivity contribution is -0.132. The van der Waals surface area contributed by atoms with E-state index < -0.39 is 17.7 Å². The topological polar surface area (TPSA) is 85.9 Å². The Morgan fingerprint density at radius 1 is 0.971 bits per heavy atom. The third kappa shape index (κ3) is 3.61. The van der Waals surface area contributed by atoms with Crippen molar-refractivity contribution in [3.8, 4) is 5.75 Å². The fraction of sp³-hybridized carbons (Fsp3) is 0.143. The zero-order chi connectivity index (χ0) is 24.7. The molecule has 0 spiro atoms. The molecule has 1 aromatic heterocycles.